The summed E-state index contributed by atoms with van der Waals surface area (Å²) in [5.74, 6) is -1.49. The largest absolute Gasteiger partial charge is 0.481 e. The van der Waals surface area contributed by atoms with Gasteiger partial charge in [0.05, 0.1) is 5.92 Å². The lowest BCUT2D eigenvalue weighted by molar-refractivity contribution is -0.143. The summed E-state index contributed by atoms with van der Waals surface area (Å²) < 4.78 is 28.3. The molecule has 114 valence electrons. The fraction of sp³-hybridized carbons (Fsp3) is 0.429. The number of carbonyl (C=O) groups is 2. The van der Waals surface area contributed by atoms with Crippen LogP contribution in [-0.2, 0) is 4.79 Å². The van der Waals surface area contributed by atoms with Crippen molar-refractivity contribution in [1.82, 2.24) is 4.90 Å². The number of carbonyl (C=O) groups excluding carboxylic acids is 1. The SMILES string of the molecule is O=C(O)C1CCN(C(=O)c2ccc(OC(F)F)cc2)CC1. The molecule has 2 rings (SSSR count). The molecular formula is C14H15F2NO4. The number of carboxylic acids is 1. The molecule has 0 unspecified atom stereocenters. The Bertz CT molecular complexity index is 510. The standard InChI is InChI=1S/C14H15F2NO4/c15-14(16)21-11-3-1-9(2-4-11)12(18)17-7-5-10(6-8-17)13(19)20/h1-4,10,14H,5-8H2,(H,19,20). The van der Waals surface area contributed by atoms with E-state index in [4.69, 9.17) is 5.11 Å². The number of amides is 1. The van der Waals surface area contributed by atoms with E-state index in [-0.39, 0.29) is 11.7 Å². The van der Waals surface area contributed by atoms with E-state index in [9.17, 15) is 18.4 Å². The zero-order chi connectivity index (χ0) is 15.4. The Morgan fingerprint density at radius 1 is 1.19 bits per heavy atom. The second-order valence-electron chi connectivity index (χ2n) is 4.81. The molecule has 1 aliphatic heterocycles. The second kappa shape index (κ2) is 6.51. The van der Waals surface area contributed by atoms with Crippen LogP contribution in [0, 0.1) is 5.92 Å². The summed E-state index contributed by atoms with van der Waals surface area (Å²) in [7, 11) is 0. The Kier molecular flexibility index (Phi) is 4.72. The Balaban J connectivity index is 1.96. The van der Waals surface area contributed by atoms with Crippen molar-refractivity contribution in [1.29, 1.82) is 0 Å². The van der Waals surface area contributed by atoms with Gasteiger partial charge in [0.25, 0.3) is 5.91 Å². The van der Waals surface area contributed by atoms with Crippen LogP contribution in [0.1, 0.15) is 23.2 Å². The quantitative estimate of drug-likeness (QED) is 0.925. The first-order valence-electron chi connectivity index (χ1n) is 6.54. The fourth-order valence-electron chi connectivity index (χ4n) is 2.29. The van der Waals surface area contributed by atoms with Gasteiger partial charge in [-0.05, 0) is 37.1 Å². The molecule has 0 aliphatic carbocycles. The smallest absolute Gasteiger partial charge is 0.387 e. The molecule has 5 nitrogen and oxygen atoms in total. The van der Waals surface area contributed by atoms with Crippen molar-refractivity contribution in [3.8, 4) is 5.75 Å². The normalized spacial score (nSPS) is 16.0. The topological polar surface area (TPSA) is 66.8 Å². The molecule has 0 atom stereocenters. The van der Waals surface area contributed by atoms with E-state index in [1.807, 2.05) is 0 Å². The molecule has 0 aromatic heterocycles. The van der Waals surface area contributed by atoms with Crippen LogP contribution in [0.25, 0.3) is 0 Å². The van der Waals surface area contributed by atoms with Gasteiger partial charge in [0.15, 0.2) is 0 Å². The van der Waals surface area contributed by atoms with Crippen molar-refractivity contribution < 1.29 is 28.2 Å². The van der Waals surface area contributed by atoms with Gasteiger partial charge in [0.2, 0.25) is 0 Å². The third-order valence-electron chi connectivity index (χ3n) is 3.46. The Labute approximate surface area is 120 Å². The van der Waals surface area contributed by atoms with Crippen molar-refractivity contribution in [2.75, 3.05) is 13.1 Å². The molecule has 0 saturated carbocycles. The maximum absolute atomic E-state index is 12.2. The van der Waals surface area contributed by atoms with E-state index in [1.165, 1.54) is 24.3 Å². The van der Waals surface area contributed by atoms with Crippen molar-refractivity contribution in [2.24, 2.45) is 5.92 Å². The molecule has 21 heavy (non-hydrogen) atoms. The van der Waals surface area contributed by atoms with Crippen LogP contribution in [0.5, 0.6) is 5.75 Å². The fourth-order valence-corrected chi connectivity index (χ4v) is 2.29. The molecule has 0 bridgehead atoms. The number of nitrogens with zero attached hydrogens (tertiary/aromatic N) is 1. The average molecular weight is 299 g/mol. The van der Waals surface area contributed by atoms with Gasteiger partial charge in [-0.2, -0.15) is 8.78 Å². The van der Waals surface area contributed by atoms with Gasteiger partial charge in [-0.25, -0.2) is 0 Å². The third-order valence-corrected chi connectivity index (χ3v) is 3.46. The van der Waals surface area contributed by atoms with E-state index in [0.29, 0.717) is 31.5 Å². The maximum Gasteiger partial charge on any atom is 0.387 e. The van der Waals surface area contributed by atoms with Crippen molar-refractivity contribution in [3.63, 3.8) is 0 Å². The maximum atomic E-state index is 12.2. The van der Waals surface area contributed by atoms with Crippen LogP contribution in [-0.4, -0.2) is 41.6 Å². The van der Waals surface area contributed by atoms with Gasteiger partial charge < -0.3 is 14.7 Å². The van der Waals surface area contributed by atoms with E-state index >= 15 is 0 Å². The molecule has 1 heterocycles. The number of halogens is 2. The van der Waals surface area contributed by atoms with Gasteiger partial charge >= 0.3 is 12.6 Å². The van der Waals surface area contributed by atoms with Crippen LogP contribution in [0.3, 0.4) is 0 Å². The summed E-state index contributed by atoms with van der Waals surface area (Å²) in [5.41, 5.74) is 0.366. The van der Waals surface area contributed by atoms with Gasteiger partial charge in [-0.3, -0.25) is 9.59 Å². The minimum Gasteiger partial charge on any atom is -0.481 e. The van der Waals surface area contributed by atoms with Gasteiger partial charge in [0.1, 0.15) is 5.75 Å². The van der Waals surface area contributed by atoms with Crippen LogP contribution >= 0.6 is 0 Å². The van der Waals surface area contributed by atoms with Crippen molar-refractivity contribution >= 4 is 11.9 Å². The molecule has 1 amide bonds. The zero-order valence-corrected chi connectivity index (χ0v) is 11.2. The number of alkyl halides is 2. The van der Waals surface area contributed by atoms with Crippen LogP contribution < -0.4 is 4.74 Å². The summed E-state index contributed by atoms with van der Waals surface area (Å²) in [5, 5.41) is 8.90. The lowest BCUT2D eigenvalue weighted by Crippen LogP contribution is -2.40. The van der Waals surface area contributed by atoms with E-state index in [0.717, 1.165) is 0 Å². The first-order chi connectivity index (χ1) is 9.97. The highest BCUT2D eigenvalue weighted by atomic mass is 19.3. The number of hydrogen-bond donors (Lipinski definition) is 1. The molecule has 1 N–H and O–H groups in total. The summed E-state index contributed by atoms with van der Waals surface area (Å²) in [6, 6.07) is 5.46. The minimum atomic E-state index is -2.90. The zero-order valence-electron chi connectivity index (χ0n) is 11.2. The molecule has 0 spiro atoms. The van der Waals surface area contributed by atoms with Gasteiger partial charge in [-0.1, -0.05) is 0 Å². The first kappa shape index (κ1) is 15.2. The second-order valence-corrected chi connectivity index (χ2v) is 4.81. The number of benzene rings is 1. The number of ether oxygens (including phenoxy) is 1. The number of carboxylic acid groups (broad SMARTS) is 1. The van der Waals surface area contributed by atoms with Crippen LogP contribution in [0.15, 0.2) is 24.3 Å². The number of hydrogen-bond acceptors (Lipinski definition) is 3. The summed E-state index contributed by atoms with van der Waals surface area (Å²) in [4.78, 5) is 24.6. The Hall–Kier alpha value is -2.18. The highest BCUT2D eigenvalue weighted by molar-refractivity contribution is 5.94. The number of aliphatic carboxylic acids is 1. The lowest BCUT2D eigenvalue weighted by atomic mass is 9.96. The summed E-state index contributed by atoms with van der Waals surface area (Å²) in [6.07, 6.45) is 0.849. The predicted octanol–water partition coefficient (Wildman–Crippen LogP) is 2.22. The van der Waals surface area contributed by atoms with Crippen molar-refractivity contribution in [3.05, 3.63) is 29.8 Å². The lowest BCUT2D eigenvalue weighted by Gasteiger charge is -2.30. The van der Waals surface area contributed by atoms with E-state index in [1.54, 1.807) is 4.90 Å². The van der Waals surface area contributed by atoms with E-state index < -0.39 is 18.5 Å². The first-order valence-corrected chi connectivity index (χ1v) is 6.54. The highest BCUT2D eigenvalue weighted by Gasteiger charge is 2.27. The Morgan fingerprint density at radius 2 is 1.76 bits per heavy atom. The molecule has 0 radical (unpaired) electrons. The molecular weight excluding hydrogens is 284 g/mol. The summed E-state index contributed by atoms with van der Waals surface area (Å²) >= 11 is 0. The highest BCUT2D eigenvalue weighted by Crippen LogP contribution is 2.21. The summed E-state index contributed by atoms with van der Waals surface area (Å²) in [6.45, 7) is -2.14. The minimum absolute atomic E-state index is 0.00821. The molecule has 1 saturated heterocycles. The predicted molar refractivity (Wildman–Crippen MR) is 69.3 cm³/mol. The third kappa shape index (κ3) is 3.90. The molecule has 1 aromatic rings. The molecule has 1 fully saturated rings. The van der Waals surface area contributed by atoms with Gasteiger partial charge in [0, 0.05) is 18.7 Å². The van der Waals surface area contributed by atoms with Crippen LogP contribution in [0.2, 0.25) is 0 Å². The number of piperidine rings is 1. The monoisotopic (exact) mass is 299 g/mol. The average Bonchev–Trinajstić information content (AvgIpc) is 2.47. The van der Waals surface area contributed by atoms with E-state index in [2.05, 4.69) is 4.74 Å². The molecule has 7 heteroatoms. The Morgan fingerprint density at radius 3 is 2.24 bits per heavy atom. The number of likely N-dealkylation sites (tertiary alicyclic amines) is 1. The molecule has 1 aliphatic rings. The van der Waals surface area contributed by atoms with Gasteiger partial charge in [-0.15, -0.1) is 0 Å². The van der Waals surface area contributed by atoms with Crippen LogP contribution in [0.4, 0.5) is 8.78 Å². The van der Waals surface area contributed by atoms with Crippen molar-refractivity contribution in [2.45, 2.75) is 19.5 Å². The molecule has 1 aromatic carbocycles. The number of rotatable bonds is 4.